The van der Waals surface area contributed by atoms with Gasteiger partial charge in [0, 0.05) is 13.3 Å². The first-order chi connectivity index (χ1) is 12.0. The van der Waals surface area contributed by atoms with Crippen molar-refractivity contribution >= 4 is 11.9 Å². The lowest BCUT2D eigenvalue weighted by molar-refractivity contribution is -0.147. The SMILES string of the molecule is CCOC(=O)C(Cc1ccc(-c2ccc(C#N)cc2)cc1)NC(C)=O. The number of benzene rings is 2. The molecule has 128 valence electrons. The molecule has 2 aromatic carbocycles. The molecule has 0 fully saturated rings. The first kappa shape index (κ1) is 18.2. The lowest BCUT2D eigenvalue weighted by Crippen LogP contribution is -2.42. The molecule has 1 N–H and O–H groups in total. The van der Waals surface area contributed by atoms with Crippen LogP contribution in [0.3, 0.4) is 0 Å². The van der Waals surface area contributed by atoms with E-state index in [9.17, 15) is 9.59 Å². The Morgan fingerprint density at radius 1 is 1.08 bits per heavy atom. The number of amides is 1. The molecule has 0 radical (unpaired) electrons. The van der Waals surface area contributed by atoms with E-state index < -0.39 is 12.0 Å². The molecule has 1 unspecified atom stereocenters. The fraction of sp³-hybridized carbons (Fsp3) is 0.250. The zero-order valence-corrected chi connectivity index (χ0v) is 14.3. The third kappa shape index (κ3) is 5.18. The van der Waals surface area contributed by atoms with Gasteiger partial charge in [-0.15, -0.1) is 0 Å². The highest BCUT2D eigenvalue weighted by molar-refractivity contribution is 5.83. The van der Waals surface area contributed by atoms with Gasteiger partial charge >= 0.3 is 5.97 Å². The average molecular weight is 336 g/mol. The second-order valence-electron chi connectivity index (χ2n) is 5.60. The van der Waals surface area contributed by atoms with Crippen LogP contribution >= 0.6 is 0 Å². The van der Waals surface area contributed by atoms with E-state index in [-0.39, 0.29) is 12.5 Å². The van der Waals surface area contributed by atoms with Crippen LogP contribution in [0.25, 0.3) is 11.1 Å². The molecule has 25 heavy (non-hydrogen) atoms. The van der Waals surface area contributed by atoms with Gasteiger partial charge in [-0.3, -0.25) is 4.79 Å². The lowest BCUT2D eigenvalue weighted by Gasteiger charge is -2.16. The molecule has 0 saturated carbocycles. The van der Waals surface area contributed by atoms with Gasteiger partial charge in [0.1, 0.15) is 6.04 Å². The number of rotatable bonds is 6. The van der Waals surface area contributed by atoms with Crippen LogP contribution < -0.4 is 5.32 Å². The van der Waals surface area contributed by atoms with E-state index in [1.54, 1.807) is 19.1 Å². The summed E-state index contributed by atoms with van der Waals surface area (Å²) < 4.78 is 5.01. The van der Waals surface area contributed by atoms with Gasteiger partial charge in [-0.1, -0.05) is 36.4 Å². The Kier molecular flexibility index (Phi) is 6.30. The highest BCUT2D eigenvalue weighted by Crippen LogP contribution is 2.21. The van der Waals surface area contributed by atoms with Gasteiger partial charge in [0.05, 0.1) is 18.2 Å². The number of nitriles is 1. The molecule has 0 aliphatic rings. The Balaban J connectivity index is 2.12. The molecule has 2 rings (SSSR count). The Morgan fingerprint density at radius 3 is 2.12 bits per heavy atom. The van der Waals surface area contributed by atoms with Crippen molar-refractivity contribution < 1.29 is 14.3 Å². The number of hydrogen-bond acceptors (Lipinski definition) is 4. The second kappa shape index (κ2) is 8.65. The van der Waals surface area contributed by atoms with Crippen molar-refractivity contribution in [2.24, 2.45) is 0 Å². The summed E-state index contributed by atoms with van der Waals surface area (Å²) in [7, 11) is 0. The minimum Gasteiger partial charge on any atom is -0.464 e. The summed E-state index contributed by atoms with van der Waals surface area (Å²) in [6.07, 6.45) is 0.367. The van der Waals surface area contributed by atoms with E-state index in [0.717, 1.165) is 16.7 Å². The molecule has 5 heteroatoms. The van der Waals surface area contributed by atoms with Crippen molar-refractivity contribution in [1.82, 2.24) is 5.32 Å². The number of hydrogen-bond donors (Lipinski definition) is 1. The summed E-state index contributed by atoms with van der Waals surface area (Å²) in [5.74, 6) is -0.707. The van der Waals surface area contributed by atoms with Crippen LogP contribution in [-0.2, 0) is 20.7 Å². The zero-order chi connectivity index (χ0) is 18.2. The number of nitrogens with zero attached hydrogens (tertiary/aromatic N) is 1. The van der Waals surface area contributed by atoms with Gasteiger partial charge in [0.2, 0.25) is 5.91 Å². The number of ether oxygens (including phenoxy) is 1. The summed E-state index contributed by atoms with van der Waals surface area (Å²) in [6.45, 7) is 3.38. The number of nitrogens with one attached hydrogen (secondary N) is 1. The van der Waals surface area contributed by atoms with E-state index in [2.05, 4.69) is 11.4 Å². The van der Waals surface area contributed by atoms with Gasteiger partial charge < -0.3 is 10.1 Å². The fourth-order valence-corrected chi connectivity index (χ4v) is 2.49. The molecule has 0 aliphatic carbocycles. The van der Waals surface area contributed by atoms with E-state index >= 15 is 0 Å². The second-order valence-corrected chi connectivity index (χ2v) is 5.60. The van der Waals surface area contributed by atoms with Crippen molar-refractivity contribution in [3.05, 3.63) is 59.7 Å². The normalized spacial score (nSPS) is 11.2. The summed E-state index contributed by atoms with van der Waals surface area (Å²) >= 11 is 0. The standard InChI is InChI=1S/C20H20N2O3/c1-3-25-20(24)19(22-14(2)23)12-15-4-8-17(9-5-15)18-10-6-16(13-21)7-11-18/h4-11,19H,3,12H2,1-2H3,(H,22,23). The Morgan fingerprint density at radius 2 is 1.64 bits per heavy atom. The van der Waals surface area contributed by atoms with Crippen LogP contribution in [0.5, 0.6) is 0 Å². The monoisotopic (exact) mass is 336 g/mol. The summed E-state index contributed by atoms with van der Waals surface area (Å²) in [6, 6.07) is 16.5. The van der Waals surface area contributed by atoms with Crippen LogP contribution in [0.4, 0.5) is 0 Å². The number of esters is 1. The van der Waals surface area contributed by atoms with Crippen LogP contribution in [-0.4, -0.2) is 24.5 Å². The molecule has 0 spiro atoms. The van der Waals surface area contributed by atoms with E-state index in [1.165, 1.54) is 6.92 Å². The predicted molar refractivity (Wildman–Crippen MR) is 94.5 cm³/mol. The van der Waals surface area contributed by atoms with Crippen molar-refractivity contribution in [1.29, 1.82) is 5.26 Å². The van der Waals surface area contributed by atoms with Gasteiger partial charge in [-0.25, -0.2) is 4.79 Å². The fourth-order valence-electron chi connectivity index (χ4n) is 2.49. The lowest BCUT2D eigenvalue weighted by atomic mass is 10.00. The maximum Gasteiger partial charge on any atom is 0.328 e. The van der Waals surface area contributed by atoms with Crippen LogP contribution in [0.2, 0.25) is 0 Å². The van der Waals surface area contributed by atoms with Crippen molar-refractivity contribution in [3.63, 3.8) is 0 Å². The minimum atomic E-state index is -0.696. The molecule has 0 heterocycles. The van der Waals surface area contributed by atoms with E-state index in [4.69, 9.17) is 10.00 Å². The molecular formula is C20H20N2O3. The van der Waals surface area contributed by atoms with E-state index in [0.29, 0.717) is 12.0 Å². The van der Waals surface area contributed by atoms with Crippen LogP contribution in [0, 0.1) is 11.3 Å². The van der Waals surface area contributed by atoms with Crippen LogP contribution in [0.1, 0.15) is 25.0 Å². The molecule has 0 saturated heterocycles. The summed E-state index contributed by atoms with van der Waals surface area (Å²) in [5.41, 5.74) is 3.56. The van der Waals surface area contributed by atoms with Gasteiger partial charge in [-0.2, -0.15) is 5.26 Å². The van der Waals surface area contributed by atoms with Gasteiger partial charge in [0.15, 0.2) is 0 Å². The van der Waals surface area contributed by atoms with Gasteiger partial charge in [0.25, 0.3) is 0 Å². The Hall–Kier alpha value is -3.13. The molecule has 1 atom stereocenters. The maximum atomic E-state index is 12.0. The number of carbonyl (C=O) groups is 2. The predicted octanol–water partition coefficient (Wildman–Crippen LogP) is 2.84. The zero-order valence-electron chi connectivity index (χ0n) is 14.3. The maximum absolute atomic E-state index is 12.0. The van der Waals surface area contributed by atoms with Gasteiger partial charge in [-0.05, 0) is 35.7 Å². The Labute approximate surface area is 147 Å². The average Bonchev–Trinajstić information content (AvgIpc) is 2.62. The molecule has 0 bridgehead atoms. The number of carbonyl (C=O) groups excluding carboxylic acids is 2. The largest absolute Gasteiger partial charge is 0.464 e. The molecular weight excluding hydrogens is 316 g/mol. The van der Waals surface area contributed by atoms with Crippen LogP contribution in [0.15, 0.2) is 48.5 Å². The first-order valence-electron chi connectivity index (χ1n) is 8.06. The molecule has 1 amide bonds. The van der Waals surface area contributed by atoms with Crippen molar-refractivity contribution in [2.45, 2.75) is 26.3 Å². The van der Waals surface area contributed by atoms with Crippen molar-refractivity contribution in [2.75, 3.05) is 6.61 Å². The highest BCUT2D eigenvalue weighted by Gasteiger charge is 2.21. The first-order valence-corrected chi connectivity index (χ1v) is 8.06. The summed E-state index contributed by atoms with van der Waals surface area (Å²) in [4.78, 5) is 23.3. The van der Waals surface area contributed by atoms with E-state index in [1.807, 2.05) is 36.4 Å². The van der Waals surface area contributed by atoms with Crippen molar-refractivity contribution in [3.8, 4) is 17.2 Å². The third-order valence-electron chi connectivity index (χ3n) is 3.69. The third-order valence-corrected chi connectivity index (χ3v) is 3.69. The smallest absolute Gasteiger partial charge is 0.328 e. The molecule has 0 aromatic heterocycles. The summed E-state index contributed by atoms with van der Waals surface area (Å²) in [5, 5.41) is 11.5. The Bertz CT molecular complexity index is 774. The molecule has 2 aromatic rings. The highest BCUT2D eigenvalue weighted by atomic mass is 16.5. The topological polar surface area (TPSA) is 79.2 Å². The quantitative estimate of drug-likeness (QED) is 0.823. The minimum absolute atomic E-state index is 0.270. The molecule has 5 nitrogen and oxygen atoms in total. The molecule has 0 aliphatic heterocycles.